The van der Waals surface area contributed by atoms with E-state index in [2.05, 4.69) is 0 Å². The largest absolute Gasteiger partial charge is 0.490 e. The molecule has 1 heterocycles. The normalized spacial score (nSPS) is 14.3. The van der Waals surface area contributed by atoms with Crippen LogP contribution in [0.25, 0.3) is 11.8 Å². The van der Waals surface area contributed by atoms with E-state index in [4.69, 9.17) is 25.8 Å². The third kappa shape index (κ3) is 5.18. The van der Waals surface area contributed by atoms with E-state index in [0.717, 1.165) is 16.7 Å². The highest BCUT2D eigenvalue weighted by Crippen LogP contribution is 2.32. The molecule has 0 unspecified atom stereocenters. The Bertz CT molecular complexity index is 1180. The van der Waals surface area contributed by atoms with Crippen LogP contribution < -0.4 is 9.47 Å². The number of carbonyl (C=O) groups excluding carboxylic acids is 1. The highest BCUT2D eigenvalue weighted by atomic mass is 35.5. The molecular formula is C26H20ClFO4. The molecule has 0 spiro atoms. The molecule has 0 bridgehead atoms. The number of esters is 1. The Labute approximate surface area is 190 Å². The van der Waals surface area contributed by atoms with Crippen LogP contribution in [0.4, 0.5) is 4.39 Å². The number of benzene rings is 3. The van der Waals surface area contributed by atoms with Crippen molar-refractivity contribution in [1.29, 1.82) is 0 Å². The van der Waals surface area contributed by atoms with Gasteiger partial charge in [0.25, 0.3) is 0 Å². The zero-order valence-corrected chi connectivity index (χ0v) is 18.1. The van der Waals surface area contributed by atoms with Gasteiger partial charge in [-0.25, -0.2) is 9.18 Å². The van der Waals surface area contributed by atoms with Crippen molar-refractivity contribution in [1.82, 2.24) is 0 Å². The molecule has 0 fully saturated rings. The first-order valence-corrected chi connectivity index (χ1v) is 10.5. The quantitative estimate of drug-likeness (QED) is 0.307. The molecule has 1 aliphatic rings. The van der Waals surface area contributed by atoms with E-state index in [1.54, 1.807) is 60.7 Å². The molecule has 162 valence electrons. The lowest BCUT2D eigenvalue weighted by Crippen LogP contribution is -2.00. The molecule has 0 atom stereocenters. The first-order valence-electron chi connectivity index (χ1n) is 10.1. The summed E-state index contributed by atoms with van der Waals surface area (Å²) in [5.74, 6) is 0.869. The van der Waals surface area contributed by atoms with Crippen LogP contribution in [0.1, 0.15) is 23.6 Å². The standard InChI is InChI=1S/C26H20ClFO4/c1-2-30-25-14-18(5-12-23(25)31-16-17-3-10-22(28)11-4-17)13-20-15-24(32-26(20)29)19-6-8-21(27)9-7-19/h3-15H,2,16H2,1H3/b20-13+. The molecule has 0 amide bonds. The summed E-state index contributed by atoms with van der Waals surface area (Å²) in [5.41, 5.74) is 2.81. The fraction of sp³-hybridized carbons (Fsp3) is 0.115. The fourth-order valence-corrected chi connectivity index (χ4v) is 3.29. The van der Waals surface area contributed by atoms with E-state index >= 15 is 0 Å². The summed E-state index contributed by atoms with van der Waals surface area (Å²) >= 11 is 5.92. The molecule has 1 aliphatic heterocycles. The first-order chi connectivity index (χ1) is 15.5. The number of carbonyl (C=O) groups is 1. The predicted octanol–water partition coefficient (Wildman–Crippen LogP) is 6.44. The van der Waals surface area contributed by atoms with Crippen LogP contribution in [-0.2, 0) is 16.1 Å². The molecule has 4 rings (SSSR count). The zero-order chi connectivity index (χ0) is 22.5. The summed E-state index contributed by atoms with van der Waals surface area (Å²) in [6, 6.07) is 18.6. The Morgan fingerprint density at radius 2 is 1.72 bits per heavy atom. The summed E-state index contributed by atoms with van der Waals surface area (Å²) in [7, 11) is 0. The number of halogens is 2. The average Bonchev–Trinajstić information content (AvgIpc) is 3.15. The van der Waals surface area contributed by atoms with Crippen LogP contribution in [0.2, 0.25) is 5.02 Å². The molecule has 0 radical (unpaired) electrons. The van der Waals surface area contributed by atoms with Crippen molar-refractivity contribution in [2.75, 3.05) is 6.61 Å². The maximum absolute atomic E-state index is 13.1. The van der Waals surface area contributed by atoms with Gasteiger partial charge in [0.2, 0.25) is 0 Å². The van der Waals surface area contributed by atoms with Gasteiger partial charge in [0, 0.05) is 10.6 Å². The van der Waals surface area contributed by atoms with Gasteiger partial charge >= 0.3 is 5.97 Å². The molecule has 3 aromatic rings. The van der Waals surface area contributed by atoms with E-state index in [0.29, 0.717) is 34.5 Å². The van der Waals surface area contributed by atoms with Crippen LogP contribution in [-0.4, -0.2) is 12.6 Å². The molecule has 32 heavy (non-hydrogen) atoms. The van der Waals surface area contributed by atoms with Crippen molar-refractivity contribution in [3.05, 3.63) is 106 Å². The molecule has 0 N–H and O–H groups in total. The second-order valence-electron chi connectivity index (χ2n) is 7.06. The molecule has 3 aromatic carbocycles. The number of cyclic esters (lactones) is 1. The van der Waals surface area contributed by atoms with E-state index in [1.807, 2.05) is 13.0 Å². The first kappa shape index (κ1) is 21.7. The minimum Gasteiger partial charge on any atom is -0.490 e. The Balaban J connectivity index is 1.54. The number of hydrogen-bond donors (Lipinski definition) is 0. The van der Waals surface area contributed by atoms with Crippen molar-refractivity contribution in [3.63, 3.8) is 0 Å². The summed E-state index contributed by atoms with van der Waals surface area (Å²) < 4.78 is 30.1. The summed E-state index contributed by atoms with van der Waals surface area (Å²) in [4.78, 5) is 12.3. The van der Waals surface area contributed by atoms with Gasteiger partial charge in [-0.15, -0.1) is 0 Å². The lowest BCUT2D eigenvalue weighted by molar-refractivity contribution is -0.130. The van der Waals surface area contributed by atoms with Gasteiger partial charge in [-0.2, -0.15) is 0 Å². The molecule has 6 heteroatoms. The molecule has 0 saturated heterocycles. The molecule has 0 aromatic heterocycles. The Morgan fingerprint density at radius 1 is 0.969 bits per heavy atom. The third-order valence-electron chi connectivity index (χ3n) is 4.75. The number of rotatable bonds is 7. The maximum Gasteiger partial charge on any atom is 0.343 e. The second kappa shape index (κ2) is 9.71. The van der Waals surface area contributed by atoms with Gasteiger partial charge in [-0.3, -0.25) is 0 Å². The van der Waals surface area contributed by atoms with Crippen LogP contribution in [0.15, 0.2) is 78.4 Å². The van der Waals surface area contributed by atoms with Crippen molar-refractivity contribution in [2.45, 2.75) is 13.5 Å². The van der Waals surface area contributed by atoms with E-state index in [1.165, 1.54) is 12.1 Å². The van der Waals surface area contributed by atoms with E-state index in [9.17, 15) is 9.18 Å². The minimum atomic E-state index is -0.426. The SMILES string of the molecule is CCOc1cc(/C=C2\C=C(c3ccc(Cl)cc3)OC2=O)ccc1OCc1ccc(F)cc1. The van der Waals surface area contributed by atoms with Gasteiger partial charge in [0.15, 0.2) is 11.5 Å². The van der Waals surface area contributed by atoms with Crippen molar-refractivity contribution in [2.24, 2.45) is 0 Å². The highest BCUT2D eigenvalue weighted by molar-refractivity contribution is 6.30. The minimum absolute atomic E-state index is 0.278. The lowest BCUT2D eigenvalue weighted by atomic mass is 10.1. The molecular weight excluding hydrogens is 431 g/mol. The van der Waals surface area contributed by atoms with Crippen LogP contribution in [0.5, 0.6) is 11.5 Å². The van der Waals surface area contributed by atoms with Gasteiger partial charge < -0.3 is 14.2 Å². The van der Waals surface area contributed by atoms with Gasteiger partial charge in [0.05, 0.1) is 12.2 Å². The molecule has 4 nitrogen and oxygen atoms in total. The van der Waals surface area contributed by atoms with Gasteiger partial charge in [-0.05, 0) is 78.7 Å². The maximum atomic E-state index is 13.1. The van der Waals surface area contributed by atoms with E-state index < -0.39 is 5.97 Å². The van der Waals surface area contributed by atoms with Crippen LogP contribution in [0, 0.1) is 5.82 Å². The lowest BCUT2D eigenvalue weighted by Gasteiger charge is -2.13. The monoisotopic (exact) mass is 450 g/mol. The molecule has 0 aliphatic carbocycles. The fourth-order valence-electron chi connectivity index (χ4n) is 3.17. The van der Waals surface area contributed by atoms with Gasteiger partial charge in [-0.1, -0.05) is 29.8 Å². The predicted molar refractivity (Wildman–Crippen MR) is 122 cm³/mol. The van der Waals surface area contributed by atoms with Crippen molar-refractivity contribution in [3.8, 4) is 11.5 Å². The van der Waals surface area contributed by atoms with Crippen molar-refractivity contribution >= 4 is 29.4 Å². The molecule has 0 saturated carbocycles. The van der Waals surface area contributed by atoms with Crippen LogP contribution >= 0.6 is 11.6 Å². The number of hydrogen-bond acceptors (Lipinski definition) is 4. The Kier molecular flexibility index (Phi) is 6.57. The summed E-state index contributed by atoms with van der Waals surface area (Å²) in [6.07, 6.45) is 3.43. The number of ether oxygens (including phenoxy) is 3. The van der Waals surface area contributed by atoms with Gasteiger partial charge in [0.1, 0.15) is 18.2 Å². The summed E-state index contributed by atoms with van der Waals surface area (Å²) in [6.45, 7) is 2.61. The zero-order valence-electron chi connectivity index (χ0n) is 17.3. The smallest absolute Gasteiger partial charge is 0.343 e. The second-order valence-corrected chi connectivity index (χ2v) is 7.50. The van der Waals surface area contributed by atoms with Crippen LogP contribution in [0.3, 0.4) is 0 Å². The average molecular weight is 451 g/mol. The van der Waals surface area contributed by atoms with E-state index in [-0.39, 0.29) is 12.4 Å². The highest BCUT2D eigenvalue weighted by Gasteiger charge is 2.22. The summed E-state index contributed by atoms with van der Waals surface area (Å²) in [5, 5.41) is 0.611. The Morgan fingerprint density at radius 3 is 2.44 bits per heavy atom. The Hall–Kier alpha value is -3.57. The topological polar surface area (TPSA) is 44.8 Å². The third-order valence-corrected chi connectivity index (χ3v) is 5.00. The van der Waals surface area contributed by atoms with Crippen molar-refractivity contribution < 1.29 is 23.4 Å².